The number of benzene rings is 1. The van der Waals surface area contributed by atoms with Gasteiger partial charge in [-0.1, -0.05) is 38.3 Å². The number of aromatic hydroxyl groups is 1. The van der Waals surface area contributed by atoms with Gasteiger partial charge < -0.3 is 15.3 Å². The summed E-state index contributed by atoms with van der Waals surface area (Å²) in [7, 11) is 0. The SMILES string of the molecule is C=CC12CCc3cc(O)ccc3[C@H]1[C@@H](CCCCC[C@@H](O)C(F)(F)F)C[C@@]1(C)[C@H]2CC[C@]1(C)O. The first kappa shape index (κ1) is 25.6. The van der Waals surface area contributed by atoms with E-state index in [2.05, 4.69) is 25.6 Å². The van der Waals surface area contributed by atoms with Crippen molar-refractivity contribution in [2.45, 2.75) is 102 Å². The highest BCUT2D eigenvalue weighted by atomic mass is 19.4. The van der Waals surface area contributed by atoms with E-state index in [1.165, 1.54) is 11.1 Å². The van der Waals surface area contributed by atoms with E-state index < -0.39 is 17.9 Å². The van der Waals surface area contributed by atoms with E-state index in [9.17, 15) is 28.5 Å². The molecule has 3 nitrogen and oxygen atoms in total. The highest BCUT2D eigenvalue weighted by Crippen LogP contribution is 2.71. The number of alkyl halides is 3. The molecule has 1 aromatic carbocycles. The van der Waals surface area contributed by atoms with E-state index in [0.29, 0.717) is 18.8 Å². The molecule has 0 saturated heterocycles. The van der Waals surface area contributed by atoms with Crippen LogP contribution in [0.5, 0.6) is 5.75 Å². The van der Waals surface area contributed by atoms with Crippen LogP contribution in [0.25, 0.3) is 0 Å². The number of aryl methyl sites for hydroxylation is 1. The molecule has 2 saturated carbocycles. The van der Waals surface area contributed by atoms with Crippen molar-refractivity contribution in [1.29, 1.82) is 0 Å². The molecular formula is C28H39F3O3. The molecule has 0 aromatic heterocycles. The number of phenols is 1. The molecule has 1 unspecified atom stereocenters. The molecule has 1 aromatic rings. The van der Waals surface area contributed by atoms with E-state index in [4.69, 9.17) is 0 Å². The summed E-state index contributed by atoms with van der Waals surface area (Å²) in [6.45, 7) is 8.50. The van der Waals surface area contributed by atoms with E-state index in [1.807, 2.05) is 13.0 Å². The number of halogens is 3. The maximum atomic E-state index is 12.6. The average Bonchev–Trinajstić information content (AvgIpc) is 3.01. The van der Waals surface area contributed by atoms with Gasteiger partial charge in [-0.25, -0.2) is 0 Å². The van der Waals surface area contributed by atoms with Crippen molar-refractivity contribution in [3.05, 3.63) is 42.0 Å². The monoisotopic (exact) mass is 480 g/mol. The number of hydrogen-bond acceptors (Lipinski definition) is 3. The molecule has 3 N–H and O–H groups in total. The third-order valence-corrected chi connectivity index (χ3v) is 9.90. The summed E-state index contributed by atoms with van der Waals surface area (Å²) in [6, 6.07) is 5.68. The summed E-state index contributed by atoms with van der Waals surface area (Å²) in [5, 5.41) is 30.8. The molecular weight excluding hydrogens is 441 g/mol. The number of aliphatic hydroxyl groups is 2. The predicted octanol–water partition coefficient (Wildman–Crippen LogP) is 6.66. The summed E-state index contributed by atoms with van der Waals surface area (Å²) in [5.74, 6) is 1.08. The molecule has 0 aliphatic heterocycles. The van der Waals surface area contributed by atoms with Gasteiger partial charge in [-0.2, -0.15) is 13.2 Å². The van der Waals surface area contributed by atoms with Crippen LogP contribution < -0.4 is 0 Å². The fourth-order valence-corrected chi connectivity index (χ4v) is 8.01. The second kappa shape index (κ2) is 8.85. The summed E-state index contributed by atoms with van der Waals surface area (Å²) >= 11 is 0. The largest absolute Gasteiger partial charge is 0.508 e. The first-order chi connectivity index (χ1) is 15.9. The topological polar surface area (TPSA) is 60.7 Å². The van der Waals surface area contributed by atoms with Gasteiger partial charge in [-0.3, -0.25) is 0 Å². The third kappa shape index (κ3) is 4.09. The van der Waals surface area contributed by atoms with Crippen molar-refractivity contribution in [3.63, 3.8) is 0 Å². The van der Waals surface area contributed by atoms with E-state index in [-0.39, 0.29) is 34.8 Å². The summed E-state index contributed by atoms with van der Waals surface area (Å²) in [4.78, 5) is 0. The van der Waals surface area contributed by atoms with Crippen LogP contribution in [-0.2, 0) is 6.42 Å². The smallest absolute Gasteiger partial charge is 0.414 e. The standard InChI is InChI=1S/C28H39F3O3/c1-4-27-15-12-18-16-20(32)10-11-21(18)24(27)19(8-6-5-7-9-23(33)28(29,30)31)17-25(2)22(27)13-14-26(25,3)34/h4,10-11,16,19,22-24,32-34H,1,5-9,12-15,17H2,2-3H3/t19-,22+,23+,24+,25-,26-,27?/m0/s1. The second-order valence-corrected chi connectivity index (χ2v) is 11.6. The molecule has 0 bridgehead atoms. The number of allylic oxidation sites excluding steroid dienone is 1. The fraction of sp³-hybridized carbons (Fsp3) is 0.714. The van der Waals surface area contributed by atoms with Crippen LogP contribution in [0.1, 0.15) is 88.7 Å². The van der Waals surface area contributed by atoms with Crippen molar-refractivity contribution in [2.75, 3.05) is 0 Å². The van der Waals surface area contributed by atoms with Gasteiger partial charge in [-0.05, 0) is 104 Å². The lowest BCUT2D eigenvalue weighted by Gasteiger charge is -2.61. The molecule has 7 atom stereocenters. The van der Waals surface area contributed by atoms with Gasteiger partial charge in [-0.15, -0.1) is 6.58 Å². The zero-order valence-electron chi connectivity index (χ0n) is 20.4. The first-order valence-corrected chi connectivity index (χ1v) is 12.8. The van der Waals surface area contributed by atoms with Gasteiger partial charge in [0, 0.05) is 0 Å². The van der Waals surface area contributed by atoms with Crippen LogP contribution in [0.4, 0.5) is 13.2 Å². The molecule has 190 valence electrons. The Morgan fingerprint density at radius 1 is 1.18 bits per heavy atom. The van der Waals surface area contributed by atoms with Crippen LogP contribution >= 0.6 is 0 Å². The van der Waals surface area contributed by atoms with Gasteiger partial charge in [0.25, 0.3) is 0 Å². The van der Waals surface area contributed by atoms with Crippen LogP contribution in [-0.4, -0.2) is 33.2 Å². The van der Waals surface area contributed by atoms with Crippen molar-refractivity contribution in [2.24, 2.45) is 22.7 Å². The van der Waals surface area contributed by atoms with Crippen molar-refractivity contribution in [3.8, 4) is 5.75 Å². The van der Waals surface area contributed by atoms with Crippen LogP contribution in [0, 0.1) is 22.7 Å². The molecule has 0 heterocycles. The van der Waals surface area contributed by atoms with Gasteiger partial charge >= 0.3 is 6.18 Å². The lowest BCUT2D eigenvalue weighted by Crippen LogP contribution is -2.56. The Kier molecular flexibility index (Phi) is 6.65. The van der Waals surface area contributed by atoms with Crippen molar-refractivity contribution >= 4 is 0 Å². The summed E-state index contributed by atoms with van der Waals surface area (Å²) in [5.41, 5.74) is 1.28. The highest BCUT2D eigenvalue weighted by Gasteiger charge is 2.66. The first-order valence-electron chi connectivity index (χ1n) is 12.8. The minimum atomic E-state index is -4.55. The Labute approximate surface area is 201 Å². The number of rotatable bonds is 7. The normalized spacial score (nSPS) is 38.0. The third-order valence-electron chi connectivity index (χ3n) is 9.90. The fourth-order valence-electron chi connectivity index (χ4n) is 8.01. The number of unbranched alkanes of at least 4 members (excludes halogenated alkanes) is 2. The quantitative estimate of drug-likeness (QED) is 0.302. The van der Waals surface area contributed by atoms with Crippen LogP contribution in [0.15, 0.2) is 30.9 Å². The molecule has 2 fully saturated rings. The molecule has 3 aliphatic carbocycles. The van der Waals surface area contributed by atoms with E-state index >= 15 is 0 Å². The molecule has 3 aliphatic rings. The summed E-state index contributed by atoms with van der Waals surface area (Å²) in [6.07, 6.45) is 2.10. The zero-order valence-corrected chi connectivity index (χ0v) is 20.4. The zero-order chi connectivity index (χ0) is 24.9. The van der Waals surface area contributed by atoms with Gasteiger partial charge in [0.05, 0.1) is 5.60 Å². The average molecular weight is 481 g/mol. The number of aliphatic hydroxyl groups excluding tert-OH is 1. The maximum Gasteiger partial charge on any atom is 0.414 e. The minimum absolute atomic E-state index is 0.144. The van der Waals surface area contributed by atoms with Gasteiger partial charge in [0.2, 0.25) is 0 Å². The lowest BCUT2D eigenvalue weighted by atomic mass is 9.43. The Morgan fingerprint density at radius 2 is 1.91 bits per heavy atom. The number of hydrogen-bond donors (Lipinski definition) is 3. The van der Waals surface area contributed by atoms with Crippen molar-refractivity contribution in [1.82, 2.24) is 0 Å². The Balaban J connectivity index is 1.60. The van der Waals surface area contributed by atoms with Gasteiger partial charge in [0.15, 0.2) is 0 Å². The van der Waals surface area contributed by atoms with Gasteiger partial charge in [0.1, 0.15) is 11.9 Å². The molecule has 0 amide bonds. The lowest BCUT2D eigenvalue weighted by molar-refractivity contribution is -0.205. The number of fused-ring (bicyclic) bond motifs is 5. The number of phenolic OH excluding ortho intramolecular Hbond substituents is 1. The van der Waals surface area contributed by atoms with Crippen LogP contribution in [0.2, 0.25) is 0 Å². The minimum Gasteiger partial charge on any atom is -0.508 e. The highest BCUT2D eigenvalue weighted by molar-refractivity contribution is 5.43. The second-order valence-electron chi connectivity index (χ2n) is 11.6. The van der Waals surface area contributed by atoms with Crippen LogP contribution in [0.3, 0.4) is 0 Å². The van der Waals surface area contributed by atoms with Crippen molar-refractivity contribution < 1.29 is 28.5 Å². The Bertz CT molecular complexity index is 911. The Hall–Kier alpha value is -1.53. The molecule has 34 heavy (non-hydrogen) atoms. The summed E-state index contributed by atoms with van der Waals surface area (Å²) < 4.78 is 37.9. The maximum absolute atomic E-state index is 12.6. The molecule has 0 spiro atoms. The Morgan fingerprint density at radius 3 is 2.59 bits per heavy atom. The van der Waals surface area contributed by atoms with E-state index in [1.54, 1.807) is 6.07 Å². The molecule has 6 heteroatoms. The van der Waals surface area contributed by atoms with E-state index in [0.717, 1.165) is 44.9 Å². The molecule has 0 radical (unpaired) electrons. The predicted molar refractivity (Wildman–Crippen MR) is 127 cm³/mol. The molecule has 4 rings (SSSR count).